The molecule has 0 amide bonds. The molecule has 18 heavy (non-hydrogen) atoms. The highest BCUT2D eigenvalue weighted by atomic mass is 79.9. The van der Waals surface area contributed by atoms with Gasteiger partial charge in [0, 0.05) is 18.7 Å². The van der Waals surface area contributed by atoms with Crippen LogP contribution < -0.4 is 5.73 Å². The Bertz CT molecular complexity index is 577. The second kappa shape index (κ2) is 5.41. The fourth-order valence-corrected chi connectivity index (χ4v) is 1.88. The molecule has 0 fully saturated rings. The van der Waals surface area contributed by atoms with Crippen LogP contribution in [0.5, 0.6) is 0 Å². The molecule has 1 aromatic carbocycles. The number of rotatable bonds is 3. The lowest BCUT2D eigenvalue weighted by Gasteiger charge is -2.06. The SMILES string of the molecule is COCc1cc(N)nc(-c2ccc(F)c(Br)c2)n1. The molecule has 2 N–H and O–H groups in total. The van der Waals surface area contributed by atoms with Crippen LogP contribution in [0.1, 0.15) is 5.69 Å². The van der Waals surface area contributed by atoms with Crippen molar-refractivity contribution >= 4 is 21.7 Å². The maximum Gasteiger partial charge on any atom is 0.161 e. The topological polar surface area (TPSA) is 61.0 Å². The Morgan fingerprint density at radius 1 is 1.33 bits per heavy atom. The molecule has 0 aliphatic heterocycles. The molecule has 0 saturated carbocycles. The number of hydrogen-bond donors (Lipinski definition) is 1. The fourth-order valence-electron chi connectivity index (χ4n) is 1.50. The molecule has 0 unspecified atom stereocenters. The Labute approximate surface area is 112 Å². The maximum absolute atomic E-state index is 13.2. The van der Waals surface area contributed by atoms with Crippen molar-refractivity contribution in [2.45, 2.75) is 6.61 Å². The van der Waals surface area contributed by atoms with Gasteiger partial charge in [-0.1, -0.05) is 0 Å². The number of ether oxygens (including phenoxy) is 1. The summed E-state index contributed by atoms with van der Waals surface area (Å²) in [5.74, 6) is 0.468. The number of hydrogen-bond acceptors (Lipinski definition) is 4. The molecule has 1 aromatic heterocycles. The molecule has 94 valence electrons. The van der Waals surface area contributed by atoms with Crippen LogP contribution in [0.4, 0.5) is 10.2 Å². The number of nitrogens with two attached hydrogens (primary N) is 1. The van der Waals surface area contributed by atoms with E-state index in [9.17, 15) is 4.39 Å². The molecule has 2 aromatic rings. The average Bonchev–Trinajstić information content (AvgIpc) is 2.32. The third-order valence-electron chi connectivity index (χ3n) is 2.27. The van der Waals surface area contributed by atoms with Gasteiger partial charge in [-0.2, -0.15) is 0 Å². The molecule has 1 heterocycles. The minimum atomic E-state index is -0.334. The van der Waals surface area contributed by atoms with Crippen molar-refractivity contribution in [3.8, 4) is 11.4 Å². The van der Waals surface area contributed by atoms with Crippen molar-refractivity contribution in [2.24, 2.45) is 0 Å². The zero-order chi connectivity index (χ0) is 13.1. The first-order valence-corrected chi connectivity index (χ1v) is 5.97. The summed E-state index contributed by atoms with van der Waals surface area (Å²) >= 11 is 3.12. The van der Waals surface area contributed by atoms with Crippen molar-refractivity contribution < 1.29 is 9.13 Å². The molecule has 0 bridgehead atoms. The van der Waals surface area contributed by atoms with Crippen LogP contribution in [0.2, 0.25) is 0 Å². The lowest BCUT2D eigenvalue weighted by Crippen LogP contribution is -2.01. The molecular weight excluding hydrogens is 301 g/mol. The Balaban J connectivity index is 2.46. The van der Waals surface area contributed by atoms with Gasteiger partial charge >= 0.3 is 0 Å². The van der Waals surface area contributed by atoms with Crippen molar-refractivity contribution in [1.29, 1.82) is 0 Å². The largest absolute Gasteiger partial charge is 0.384 e. The first-order valence-electron chi connectivity index (χ1n) is 5.18. The number of aromatic nitrogens is 2. The van der Waals surface area contributed by atoms with Gasteiger partial charge in [-0.3, -0.25) is 0 Å². The van der Waals surface area contributed by atoms with Crippen LogP contribution in [0.25, 0.3) is 11.4 Å². The van der Waals surface area contributed by atoms with E-state index in [1.807, 2.05) is 0 Å². The van der Waals surface area contributed by atoms with Gasteiger partial charge in [0.05, 0.1) is 16.8 Å². The van der Waals surface area contributed by atoms with E-state index < -0.39 is 0 Å². The molecule has 0 atom stereocenters. The molecule has 0 aliphatic carbocycles. The third kappa shape index (κ3) is 2.83. The minimum Gasteiger partial charge on any atom is -0.384 e. The molecule has 0 spiro atoms. The van der Waals surface area contributed by atoms with Gasteiger partial charge in [0.25, 0.3) is 0 Å². The van der Waals surface area contributed by atoms with Crippen molar-refractivity contribution in [3.63, 3.8) is 0 Å². The van der Waals surface area contributed by atoms with Gasteiger partial charge < -0.3 is 10.5 Å². The summed E-state index contributed by atoms with van der Waals surface area (Å²) in [6.07, 6.45) is 0. The quantitative estimate of drug-likeness (QED) is 0.947. The standard InChI is InChI=1S/C12H11BrFN3O/c1-18-6-8-5-11(15)17-12(16-8)7-2-3-10(14)9(13)4-7/h2-5H,6H2,1H3,(H2,15,16,17). The van der Waals surface area contributed by atoms with Gasteiger partial charge in [0.15, 0.2) is 5.82 Å². The predicted octanol–water partition coefficient (Wildman–Crippen LogP) is 2.77. The van der Waals surface area contributed by atoms with Crippen LogP contribution in [0, 0.1) is 5.82 Å². The zero-order valence-corrected chi connectivity index (χ0v) is 11.2. The van der Waals surface area contributed by atoms with E-state index >= 15 is 0 Å². The minimum absolute atomic E-state index is 0.334. The first-order chi connectivity index (χ1) is 8.60. The van der Waals surface area contributed by atoms with Crippen LogP contribution in [-0.4, -0.2) is 17.1 Å². The molecule has 0 radical (unpaired) electrons. The number of halogens is 2. The fraction of sp³-hybridized carbons (Fsp3) is 0.167. The van der Waals surface area contributed by atoms with Gasteiger partial charge in [-0.15, -0.1) is 0 Å². The van der Waals surface area contributed by atoms with Crippen molar-refractivity contribution in [1.82, 2.24) is 9.97 Å². The summed E-state index contributed by atoms with van der Waals surface area (Å²) in [7, 11) is 1.58. The summed E-state index contributed by atoms with van der Waals surface area (Å²) in [6.45, 7) is 0.349. The number of nitrogens with zero attached hydrogens (tertiary/aromatic N) is 2. The highest BCUT2D eigenvalue weighted by molar-refractivity contribution is 9.10. The molecule has 2 rings (SSSR count). The third-order valence-corrected chi connectivity index (χ3v) is 2.88. The lowest BCUT2D eigenvalue weighted by molar-refractivity contribution is 0.181. The van der Waals surface area contributed by atoms with E-state index in [0.29, 0.717) is 34.0 Å². The lowest BCUT2D eigenvalue weighted by atomic mass is 10.2. The smallest absolute Gasteiger partial charge is 0.161 e. The van der Waals surface area contributed by atoms with Crippen LogP contribution in [-0.2, 0) is 11.3 Å². The van der Waals surface area contributed by atoms with E-state index in [1.165, 1.54) is 6.07 Å². The van der Waals surface area contributed by atoms with E-state index in [2.05, 4.69) is 25.9 Å². The summed E-state index contributed by atoms with van der Waals surface area (Å²) < 4.78 is 18.5. The monoisotopic (exact) mass is 311 g/mol. The zero-order valence-electron chi connectivity index (χ0n) is 9.65. The van der Waals surface area contributed by atoms with Crippen LogP contribution in [0.15, 0.2) is 28.7 Å². The van der Waals surface area contributed by atoms with Gasteiger partial charge in [0.2, 0.25) is 0 Å². The van der Waals surface area contributed by atoms with Crippen LogP contribution in [0.3, 0.4) is 0 Å². The average molecular weight is 312 g/mol. The van der Waals surface area contributed by atoms with E-state index in [0.717, 1.165) is 0 Å². The highest BCUT2D eigenvalue weighted by Gasteiger charge is 2.08. The number of methoxy groups -OCH3 is 1. The summed E-state index contributed by atoms with van der Waals surface area (Å²) in [5, 5.41) is 0. The maximum atomic E-state index is 13.2. The second-order valence-corrected chi connectivity index (χ2v) is 4.52. The first kappa shape index (κ1) is 12.9. The normalized spacial score (nSPS) is 10.6. The Kier molecular flexibility index (Phi) is 3.88. The molecular formula is C12H11BrFN3O. The summed E-state index contributed by atoms with van der Waals surface area (Å²) in [4.78, 5) is 8.43. The van der Waals surface area contributed by atoms with Gasteiger partial charge in [-0.25, -0.2) is 14.4 Å². The molecule has 0 saturated heterocycles. The van der Waals surface area contributed by atoms with Gasteiger partial charge in [-0.05, 0) is 34.1 Å². The van der Waals surface area contributed by atoms with Crippen molar-refractivity contribution in [3.05, 3.63) is 40.2 Å². The van der Waals surface area contributed by atoms with Crippen molar-refractivity contribution in [2.75, 3.05) is 12.8 Å². The Morgan fingerprint density at radius 2 is 2.11 bits per heavy atom. The number of benzene rings is 1. The Morgan fingerprint density at radius 3 is 2.78 bits per heavy atom. The van der Waals surface area contributed by atoms with E-state index in [-0.39, 0.29) is 5.82 Å². The molecule has 0 aliphatic rings. The molecule has 6 heteroatoms. The second-order valence-electron chi connectivity index (χ2n) is 3.67. The summed E-state index contributed by atoms with van der Waals surface area (Å²) in [6, 6.07) is 6.21. The van der Waals surface area contributed by atoms with E-state index in [1.54, 1.807) is 25.3 Å². The highest BCUT2D eigenvalue weighted by Crippen LogP contribution is 2.23. The summed E-state index contributed by atoms with van der Waals surface area (Å²) in [5.41, 5.74) is 7.07. The van der Waals surface area contributed by atoms with E-state index in [4.69, 9.17) is 10.5 Å². The number of anilines is 1. The predicted molar refractivity (Wildman–Crippen MR) is 70.3 cm³/mol. The van der Waals surface area contributed by atoms with Gasteiger partial charge in [0.1, 0.15) is 11.6 Å². The van der Waals surface area contributed by atoms with Crippen LogP contribution >= 0.6 is 15.9 Å². The molecule has 4 nitrogen and oxygen atoms in total. The number of nitrogen functional groups attached to an aromatic ring is 1. The Hall–Kier alpha value is -1.53.